The molecule has 7 heteroatoms. The number of esters is 2. The van der Waals surface area contributed by atoms with Crippen molar-refractivity contribution in [3.05, 3.63) is 65.2 Å². The van der Waals surface area contributed by atoms with Crippen LogP contribution in [0.4, 0.5) is 4.39 Å². The van der Waals surface area contributed by atoms with Crippen molar-refractivity contribution in [3.63, 3.8) is 0 Å². The maximum Gasteiger partial charge on any atom is 0.338 e. The summed E-state index contributed by atoms with van der Waals surface area (Å²) >= 11 is 5.92. The Morgan fingerprint density at radius 2 is 2.00 bits per heavy atom. The molecule has 4 rings (SSSR count). The zero-order chi connectivity index (χ0) is 21.8. The number of halogens is 2. The van der Waals surface area contributed by atoms with Crippen LogP contribution < -0.4 is 4.74 Å². The number of hydrogen-bond acceptors (Lipinski definition) is 5. The van der Waals surface area contributed by atoms with Crippen molar-refractivity contribution in [2.24, 2.45) is 11.8 Å². The Hall–Kier alpha value is -2.60. The maximum absolute atomic E-state index is 14.6. The van der Waals surface area contributed by atoms with Crippen molar-refractivity contribution in [3.8, 4) is 5.75 Å². The summed E-state index contributed by atoms with van der Waals surface area (Å²) in [5, 5.41) is 0.527. The highest BCUT2D eigenvalue weighted by Gasteiger charge is 2.51. The van der Waals surface area contributed by atoms with Crippen LogP contribution in [0.25, 0.3) is 0 Å². The van der Waals surface area contributed by atoms with Crippen LogP contribution in [-0.4, -0.2) is 36.9 Å². The zero-order valence-electron chi connectivity index (χ0n) is 16.9. The average molecular weight is 447 g/mol. The van der Waals surface area contributed by atoms with Crippen molar-refractivity contribution in [1.82, 2.24) is 0 Å². The smallest absolute Gasteiger partial charge is 0.338 e. The van der Waals surface area contributed by atoms with Gasteiger partial charge in [0, 0.05) is 23.3 Å². The molecule has 0 spiro atoms. The molecule has 2 aromatic carbocycles. The highest BCUT2D eigenvalue weighted by molar-refractivity contribution is 6.30. The van der Waals surface area contributed by atoms with Crippen LogP contribution in [0.5, 0.6) is 5.75 Å². The molecule has 0 radical (unpaired) electrons. The van der Waals surface area contributed by atoms with Gasteiger partial charge >= 0.3 is 11.9 Å². The van der Waals surface area contributed by atoms with Gasteiger partial charge in [0.25, 0.3) is 0 Å². The molecule has 0 aromatic heterocycles. The van der Waals surface area contributed by atoms with Gasteiger partial charge in [-0.1, -0.05) is 35.9 Å². The van der Waals surface area contributed by atoms with Gasteiger partial charge in [-0.3, -0.25) is 4.79 Å². The second kappa shape index (κ2) is 9.69. The first-order valence-electron chi connectivity index (χ1n) is 10.5. The van der Waals surface area contributed by atoms with Crippen LogP contribution in [0.1, 0.15) is 36.0 Å². The Bertz CT molecular complexity index is 921. The van der Waals surface area contributed by atoms with Gasteiger partial charge in [0.15, 0.2) is 0 Å². The third-order valence-electron chi connectivity index (χ3n) is 5.96. The summed E-state index contributed by atoms with van der Waals surface area (Å²) in [5.74, 6) is -0.326. The molecular weight excluding hydrogens is 423 g/mol. The van der Waals surface area contributed by atoms with E-state index in [9.17, 15) is 14.0 Å². The summed E-state index contributed by atoms with van der Waals surface area (Å²) in [7, 11) is 0. The summed E-state index contributed by atoms with van der Waals surface area (Å²) in [5.41, 5.74) is 0.466. The molecule has 1 heterocycles. The van der Waals surface area contributed by atoms with E-state index in [1.54, 1.807) is 48.5 Å². The molecule has 2 aromatic rings. The summed E-state index contributed by atoms with van der Waals surface area (Å²) in [4.78, 5) is 24.3. The number of hydrogen-bond donors (Lipinski definition) is 0. The molecule has 164 valence electrons. The van der Waals surface area contributed by atoms with Gasteiger partial charge in [-0.15, -0.1) is 0 Å². The second-order valence-corrected chi connectivity index (χ2v) is 8.49. The van der Waals surface area contributed by atoms with Crippen molar-refractivity contribution < 1.29 is 28.2 Å². The van der Waals surface area contributed by atoms with E-state index >= 15 is 0 Å². The second-order valence-electron chi connectivity index (χ2n) is 8.05. The Balaban J connectivity index is 1.35. The lowest BCUT2D eigenvalue weighted by Crippen LogP contribution is -2.27. The van der Waals surface area contributed by atoms with Crippen LogP contribution in [0.2, 0.25) is 5.02 Å². The summed E-state index contributed by atoms with van der Waals surface area (Å²) < 4.78 is 31.2. The Morgan fingerprint density at radius 3 is 2.77 bits per heavy atom. The first-order valence-corrected chi connectivity index (χ1v) is 10.9. The molecule has 0 amide bonds. The van der Waals surface area contributed by atoms with Crippen LogP contribution in [0, 0.1) is 11.8 Å². The minimum absolute atomic E-state index is 0.0536. The SMILES string of the molecule is O=C1C[C@@H]2[C@@H](CC[C@@H](F)COc3cccc(Cl)c3)[C@H](OC(=O)c3ccccc3)C[C@@H]2O1. The first kappa shape index (κ1) is 21.6. The van der Waals surface area contributed by atoms with Gasteiger partial charge < -0.3 is 14.2 Å². The fourth-order valence-corrected chi connectivity index (χ4v) is 4.65. The van der Waals surface area contributed by atoms with E-state index < -0.39 is 18.2 Å². The van der Waals surface area contributed by atoms with E-state index in [1.165, 1.54) is 0 Å². The number of rotatable bonds is 8. The van der Waals surface area contributed by atoms with Crippen molar-refractivity contribution in [1.29, 1.82) is 0 Å². The number of ether oxygens (including phenoxy) is 3. The Morgan fingerprint density at radius 1 is 1.19 bits per heavy atom. The fourth-order valence-electron chi connectivity index (χ4n) is 4.47. The highest BCUT2D eigenvalue weighted by atomic mass is 35.5. The van der Waals surface area contributed by atoms with Crippen molar-refractivity contribution in [2.45, 2.75) is 44.1 Å². The zero-order valence-corrected chi connectivity index (χ0v) is 17.7. The number of carbonyl (C=O) groups excluding carboxylic acids is 2. The average Bonchev–Trinajstić information content (AvgIpc) is 3.27. The van der Waals surface area contributed by atoms with E-state index in [1.807, 2.05) is 6.07 Å². The van der Waals surface area contributed by atoms with Gasteiger partial charge in [0.1, 0.15) is 30.7 Å². The first-order chi connectivity index (χ1) is 15.0. The maximum atomic E-state index is 14.6. The van der Waals surface area contributed by atoms with E-state index in [2.05, 4.69) is 0 Å². The molecule has 1 saturated carbocycles. The third-order valence-corrected chi connectivity index (χ3v) is 6.20. The summed E-state index contributed by atoms with van der Waals surface area (Å²) in [6, 6.07) is 15.6. The van der Waals surface area contributed by atoms with Crippen molar-refractivity contribution >= 4 is 23.5 Å². The van der Waals surface area contributed by atoms with E-state index in [4.69, 9.17) is 25.8 Å². The minimum atomic E-state index is -1.19. The van der Waals surface area contributed by atoms with Crippen LogP contribution in [-0.2, 0) is 14.3 Å². The molecule has 5 atom stereocenters. The monoisotopic (exact) mass is 446 g/mol. The van der Waals surface area contributed by atoms with Crippen LogP contribution >= 0.6 is 11.6 Å². The minimum Gasteiger partial charge on any atom is -0.491 e. The number of benzene rings is 2. The largest absolute Gasteiger partial charge is 0.491 e. The summed E-state index contributed by atoms with van der Waals surface area (Å²) in [6.45, 7) is -0.0922. The third kappa shape index (κ3) is 5.37. The molecular formula is C24H24ClFO5. The van der Waals surface area contributed by atoms with E-state index in [-0.39, 0.29) is 43.4 Å². The standard InChI is InChI=1S/C24H24ClFO5/c25-16-7-4-8-18(11-16)29-14-17(26)9-10-19-20-12-23(27)30-22(20)13-21(19)31-24(28)15-5-2-1-3-6-15/h1-8,11,17,19-22H,9-10,12-14H2/t17-,19-,20-,21-,22+/m1/s1. The van der Waals surface area contributed by atoms with Crippen LogP contribution in [0.15, 0.2) is 54.6 Å². The predicted octanol–water partition coefficient (Wildman–Crippen LogP) is 5.01. The van der Waals surface area contributed by atoms with Gasteiger partial charge in [-0.2, -0.15) is 0 Å². The Kier molecular flexibility index (Phi) is 6.76. The molecule has 2 aliphatic rings. The molecule has 0 unspecified atom stereocenters. The van der Waals surface area contributed by atoms with Gasteiger partial charge in [0.05, 0.1) is 12.0 Å². The van der Waals surface area contributed by atoms with Gasteiger partial charge in [-0.05, 0) is 43.2 Å². The molecule has 2 fully saturated rings. The molecule has 1 aliphatic carbocycles. The van der Waals surface area contributed by atoms with Gasteiger partial charge in [0.2, 0.25) is 0 Å². The van der Waals surface area contributed by atoms with Gasteiger partial charge in [-0.25, -0.2) is 9.18 Å². The predicted molar refractivity (Wildman–Crippen MR) is 113 cm³/mol. The fraction of sp³-hybridized carbons (Fsp3) is 0.417. The lowest BCUT2D eigenvalue weighted by Gasteiger charge is -2.24. The molecule has 0 N–H and O–H groups in total. The molecule has 0 bridgehead atoms. The molecule has 1 aliphatic heterocycles. The molecule has 31 heavy (non-hydrogen) atoms. The van der Waals surface area contributed by atoms with Crippen molar-refractivity contribution in [2.75, 3.05) is 6.61 Å². The highest BCUT2D eigenvalue weighted by Crippen LogP contribution is 2.45. The molecule has 5 nitrogen and oxygen atoms in total. The van der Waals surface area contributed by atoms with E-state index in [0.717, 1.165) is 0 Å². The van der Waals surface area contributed by atoms with Crippen LogP contribution in [0.3, 0.4) is 0 Å². The number of fused-ring (bicyclic) bond motifs is 1. The number of alkyl halides is 1. The van der Waals surface area contributed by atoms with E-state index in [0.29, 0.717) is 29.2 Å². The topological polar surface area (TPSA) is 61.8 Å². The normalized spacial score (nSPS) is 25.5. The summed E-state index contributed by atoms with van der Waals surface area (Å²) in [6.07, 6.45) is -0.419. The lowest BCUT2D eigenvalue weighted by atomic mass is 9.87. The molecule has 1 saturated heterocycles. The number of carbonyl (C=O) groups is 2. The quantitative estimate of drug-likeness (QED) is 0.533. The Labute approximate surface area is 185 Å². The lowest BCUT2D eigenvalue weighted by molar-refractivity contribution is -0.141.